The van der Waals surface area contributed by atoms with Gasteiger partial charge in [0, 0.05) is 80.4 Å². The third kappa shape index (κ3) is 6.23. The van der Waals surface area contributed by atoms with E-state index >= 15 is 0 Å². The molecule has 5 heterocycles. The molecule has 7 rings (SSSR count). The van der Waals surface area contributed by atoms with E-state index in [1.165, 1.54) is 37.2 Å². The molecular formula is C33H46N10O2. The Bertz CT molecular complexity index is 1540. The van der Waals surface area contributed by atoms with Gasteiger partial charge in [-0.2, -0.15) is 5.10 Å². The number of nitrogens with one attached hydrogen (secondary N) is 3. The number of piperidine rings is 1. The number of aromatic nitrogens is 4. The Kier molecular flexibility index (Phi) is 8.13. The summed E-state index contributed by atoms with van der Waals surface area (Å²) in [6.07, 6.45) is 5.50. The van der Waals surface area contributed by atoms with E-state index in [0.717, 1.165) is 63.4 Å². The molecule has 4 aliphatic rings. The Labute approximate surface area is 265 Å². The molecule has 0 radical (unpaired) electrons. The Morgan fingerprint density at radius 3 is 2.47 bits per heavy atom. The van der Waals surface area contributed by atoms with E-state index in [9.17, 15) is 4.79 Å². The molecule has 5 N–H and O–H groups in total. The lowest BCUT2D eigenvalue weighted by molar-refractivity contribution is 0.0351. The largest absolute Gasteiger partial charge is 0.381 e. The van der Waals surface area contributed by atoms with Crippen LogP contribution in [0.1, 0.15) is 53.8 Å². The second-order valence-corrected chi connectivity index (χ2v) is 13.5. The molecule has 12 nitrogen and oxygen atoms in total. The van der Waals surface area contributed by atoms with Crippen LogP contribution in [0, 0.1) is 19.3 Å². The van der Waals surface area contributed by atoms with Crippen LogP contribution in [0.3, 0.4) is 0 Å². The van der Waals surface area contributed by atoms with Crippen molar-refractivity contribution in [3.05, 3.63) is 41.2 Å². The lowest BCUT2D eigenvalue weighted by Gasteiger charge is -2.43. The number of rotatable bonds is 8. The van der Waals surface area contributed by atoms with Crippen molar-refractivity contribution in [3.8, 4) is 11.4 Å². The summed E-state index contributed by atoms with van der Waals surface area (Å²) in [7, 11) is 2.21. The summed E-state index contributed by atoms with van der Waals surface area (Å²) in [4.78, 5) is 30.0. The summed E-state index contributed by atoms with van der Waals surface area (Å²) in [5.74, 6) is 0.271. The summed E-state index contributed by atoms with van der Waals surface area (Å²) < 4.78 is 5.81. The number of aromatic amines is 1. The number of likely N-dealkylation sites (N-methyl/N-ethyl adjacent to an activating group) is 1. The minimum atomic E-state index is -0.647. The molecule has 1 atom stereocenters. The van der Waals surface area contributed by atoms with Crippen molar-refractivity contribution < 1.29 is 9.53 Å². The van der Waals surface area contributed by atoms with Gasteiger partial charge >= 0.3 is 0 Å². The fourth-order valence-electron chi connectivity index (χ4n) is 7.32. The van der Waals surface area contributed by atoms with E-state index in [1.54, 1.807) is 0 Å². The van der Waals surface area contributed by atoms with Crippen molar-refractivity contribution >= 4 is 28.9 Å². The molecule has 12 heteroatoms. The molecule has 1 aromatic carbocycles. The van der Waals surface area contributed by atoms with E-state index in [0.29, 0.717) is 35.7 Å². The van der Waals surface area contributed by atoms with Gasteiger partial charge in [-0.25, -0.2) is 9.97 Å². The van der Waals surface area contributed by atoms with E-state index in [-0.39, 0.29) is 17.2 Å². The summed E-state index contributed by atoms with van der Waals surface area (Å²) in [5.41, 5.74) is 11.3. The maximum atomic E-state index is 12.7. The number of hydrogen-bond acceptors (Lipinski definition) is 10. The highest BCUT2D eigenvalue weighted by Gasteiger charge is 2.51. The Morgan fingerprint density at radius 2 is 1.80 bits per heavy atom. The zero-order valence-corrected chi connectivity index (χ0v) is 26.7. The van der Waals surface area contributed by atoms with Gasteiger partial charge in [0.15, 0.2) is 17.3 Å². The van der Waals surface area contributed by atoms with Crippen molar-refractivity contribution in [3.63, 3.8) is 0 Å². The number of anilines is 4. The van der Waals surface area contributed by atoms with Crippen LogP contribution in [0.5, 0.6) is 0 Å². The molecular weight excluding hydrogens is 568 g/mol. The Balaban J connectivity index is 1.12. The van der Waals surface area contributed by atoms with Crippen LogP contribution in [0.25, 0.3) is 11.4 Å². The topological polar surface area (TPSA) is 141 Å². The summed E-state index contributed by atoms with van der Waals surface area (Å²) in [6.45, 7) is 12.3. The van der Waals surface area contributed by atoms with Gasteiger partial charge in [0.25, 0.3) is 5.91 Å². The van der Waals surface area contributed by atoms with Crippen molar-refractivity contribution in [2.45, 2.75) is 58.0 Å². The lowest BCUT2D eigenvalue weighted by Crippen LogP contribution is -2.52. The number of amides is 1. The number of hydrogen-bond donors (Lipinski definition) is 4. The highest BCUT2D eigenvalue weighted by molar-refractivity contribution is 5.97. The first-order valence-corrected chi connectivity index (χ1v) is 16.4. The van der Waals surface area contributed by atoms with Crippen molar-refractivity contribution in [2.75, 3.05) is 75.1 Å². The number of benzene rings is 1. The average molecular weight is 615 g/mol. The van der Waals surface area contributed by atoms with Crippen molar-refractivity contribution in [1.82, 2.24) is 30.0 Å². The number of primary amides is 1. The van der Waals surface area contributed by atoms with Crippen LogP contribution >= 0.6 is 0 Å². The van der Waals surface area contributed by atoms with Crippen molar-refractivity contribution in [2.24, 2.45) is 11.1 Å². The van der Waals surface area contributed by atoms with E-state index in [1.807, 2.05) is 13.0 Å². The third-order valence-electron chi connectivity index (χ3n) is 10.3. The number of carbonyl (C=O) groups is 1. The van der Waals surface area contributed by atoms with Crippen LogP contribution in [-0.4, -0.2) is 107 Å². The Morgan fingerprint density at radius 1 is 1.02 bits per heavy atom. The molecule has 4 fully saturated rings. The quantitative estimate of drug-likeness (QED) is 0.298. The monoisotopic (exact) mass is 614 g/mol. The zero-order chi connectivity index (χ0) is 31.1. The molecule has 1 unspecified atom stereocenters. The van der Waals surface area contributed by atoms with Crippen LogP contribution in [0.2, 0.25) is 0 Å². The second-order valence-electron chi connectivity index (χ2n) is 13.5. The average Bonchev–Trinajstić information content (AvgIpc) is 3.67. The molecule has 3 aromatic rings. The van der Waals surface area contributed by atoms with E-state index in [2.05, 4.69) is 67.7 Å². The molecule has 0 bridgehead atoms. The molecule has 45 heavy (non-hydrogen) atoms. The van der Waals surface area contributed by atoms with Crippen molar-refractivity contribution in [1.29, 1.82) is 0 Å². The Hall–Kier alpha value is -3.74. The molecule has 1 aliphatic carbocycles. The van der Waals surface area contributed by atoms with Crippen LogP contribution in [-0.2, 0) is 4.74 Å². The number of carbonyl (C=O) groups excluding carboxylic acids is 1. The van der Waals surface area contributed by atoms with Crippen LogP contribution in [0.4, 0.5) is 23.0 Å². The molecule has 3 aliphatic heterocycles. The molecule has 1 amide bonds. The van der Waals surface area contributed by atoms with Gasteiger partial charge in [-0.3, -0.25) is 14.8 Å². The second kappa shape index (κ2) is 12.2. The first-order chi connectivity index (χ1) is 21.8. The smallest absolute Gasteiger partial charge is 0.271 e. The van der Waals surface area contributed by atoms with Gasteiger partial charge in [0.2, 0.25) is 0 Å². The maximum absolute atomic E-state index is 12.7. The predicted octanol–water partition coefficient (Wildman–Crippen LogP) is 3.52. The van der Waals surface area contributed by atoms with Gasteiger partial charge in [0.1, 0.15) is 11.4 Å². The number of aryl methyl sites for hydroxylation is 2. The molecule has 240 valence electrons. The normalized spacial score (nSPS) is 22.5. The summed E-state index contributed by atoms with van der Waals surface area (Å²) in [5, 5.41) is 14.5. The minimum Gasteiger partial charge on any atom is -0.381 e. The fraction of sp³-hybridized carbons (Fsp3) is 0.576. The highest BCUT2D eigenvalue weighted by Crippen LogP contribution is 2.52. The molecule has 1 saturated carbocycles. The summed E-state index contributed by atoms with van der Waals surface area (Å²) >= 11 is 0. The van der Waals surface area contributed by atoms with Gasteiger partial charge < -0.3 is 30.9 Å². The SMILES string of the molecule is Cc1cc(-c2nc(C(N)=O)c(Nc3ccc(N4CCC(N5CCN(C)CC5)CC4)c(C)c3)nc2NC2CCOCC23CC3)n[nH]1. The number of ether oxygens (including phenoxy) is 1. The minimum absolute atomic E-state index is 0.0806. The maximum Gasteiger partial charge on any atom is 0.271 e. The number of piperazine rings is 1. The van der Waals surface area contributed by atoms with Gasteiger partial charge in [0.05, 0.1) is 6.61 Å². The van der Waals surface area contributed by atoms with Crippen LogP contribution in [0.15, 0.2) is 24.3 Å². The fourth-order valence-corrected chi connectivity index (χ4v) is 7.32. The molecule has 2 aromatic heterocycles. The number of nitrogens with zero attached hydrogens (tertiary/aromatic N) is 6. The lowest BCUT2D eigenvalue weighted by atomic mass is 9.92. The number of nitrogens with two attached hydrogens (primary N) is 1. The first-order valence-electron chi connectivity index (χ1n) is 16.4. The summed E-state index contributed by atoms with van der Waals surface area (Å²) in [6, 6.07) is 9.12. The predicted molar refractivity (Wildman–Crippen MR) is 176 cm³/mol. The van der Waals surface area contributed by atoms with Gasteiger partial charge in [-0.15, -0.1) is 0 Å². The van der Waals surface area contributed by atoms with Gasteiger partial charge in [-0.1, -0.05) is 0 Å². The number of H-pyrrole nitrogens is 1. The highest BCUT2D eigenvalue weighted by atomic mass is 16.5. The van der Waals surface area contributed by atoms with Gasteiger partial charge in [-0.05, 0) is 82.8 Å². The molecule has 1 spiro atoms. The standard InChI is InChI=1S/C33H46N10O2/c1-21-18-23(4-5-26(21)43-11-6-24(7-12-43)42-15-13-41(3)14-16-42)35-32-29(30(34)44)37-28(25-19-22(2)39-40-25)31(38-32)36-27-8-17-45-20-33(27)9-10-33/h4-5,18-19,24,27H,6-17,20H2,1-3H3,(H2,34,44)(H,39,40)(H2,35,36,38). The first kappa shape index (κ1) is 29.9. The zero-order valence-electron chi connectivity index (χ0n) is 26.7. The van der Waals surface area contributed by atoms with E-state index in [4.69, 9.17) is 20.4 Å². The van der Waals surface area contributed by atoms with E-state index < -0.39 is 5.91 Å². The third-order valence-corrected chi connectivity index (χ3v) is 10.3. The molecule has 3 saturated heterocycles. The van der Waals surface area contributed by atoms with Crippen LogP contribution < -0.4 is 21.3 Å².